The van der Waals surface area contributed by atoms with E-state index in [1.54, 1.807) is 24.3 Å². The first kappa shape index (κ1) is 14.5. The summed E-state index contributed by atoms with van der Waals surface area (Å²) in [6.07, 6.45) is 1.23. The molecule has 0 radical (unpaired) electrons. The molecule has 0 saturated carbocycles. The lowest BCUT2D eigenvalue weighted by molar-refractivity contribution is -0.0382. The van der Waals surface area contributed by atoms with Crippen LogP contribution >= 0.6 is 11.6 Å². The maximum Gasteiger partial charge on any atom is 0.179 e. The average Bonchev–Trinajstić information content (AvgIpc) is 2.46. The van der Waals surface area contributed by atoms with E-state index in [0.29, 0.717) is 11.6 Å². The number of hydrogen-bond acceptors (Lipinski definition) is 3. The lowest BCUT2D eigenvalue weighted by Crippen LogP contribution is -2.49. The van der Waals surface area contributed by atoms with Crippen LogP contribution in [0.1, 0.15) is 30.6 Å². The predicted octanol–water partition coefficient (Wildman–Crippen LogP) is 3.02. The van der Waals surface area contributed by atoms with E-state index in [0.717, 1.165) is 25.1 Å². The van der Waals surface area contributed by atoms with Crippen molar-refractivity contribution in [2.45, 2.75) is 32.4 Å². The predicted molar refractivity (Wildman–Crippen MR) is 76.8 cm³/mol. The van der Waals surface area contributed by atoms with Crippen molar-refractivity contribution in [1.82, 2.24) is 4.90 Å². The Kier molecular flexibility index (Phi) is 4.97. The van der Waals surface area contributed by atoms with Crippen LogP contribution < -0.4 is 0 Å². The van der Waals surface area contributed by atoms with Crippen LogP contribution in [0.15, 0.2) is 24.3 Å². The lowest BCUT2D eigenvalue weighted by Gasteiger charge is -2.35. The summed E-state index contributed by atoms with van der Waals surface area (Å²) >= 11 is 5.84. The third kappa shape index (κ3) is 3.56. The van der Waals surface area contributed by atoms with Gasteiger partial charge < -0.3 is 4.74 Å². The smallest absolute Gasteiger partial charge is 0.179 e. The number of halogens is 1. The molecule has 0 N–H and O–H groups in total. The van der Waals surface area contributed by atoms with E-state index in [9.17, 15) is 4.79 Å². The van der Waals surface area contributed by atoms with Crippen LogP contribution in [0.3, 0.4) is 0 Å². The second-order valence-corrected chi connectivity index (χ2v) is 5.38. The van der Waals surface area contributed by atoms with E-state index in [2.05, 4.69) is 11.8 Å². The van der Waals surface area contributed by atoms with Crippen molar-refractivity contribution in [2.75, 3.05) is 19.7 Å². The number of rotatable bonds is 4. The molecule has 0 bridgehead atoms. The van der Waals surface area contributed by atoms with Crippen LogP contribution in [0, 0.1) is 0 Å². The van der Waals surface area contributed by atoms with Gasteiger partial charge in [0.15, 0.2) is 5.78 Å². The Balaban J connectivity index is 2.04. The molecule has 1 fully saturated rings. The Morgan fingerprint density at radius 3 is 2.79 bits per heavy atom. The minimum Gasteiger partial charge on any atom is -0.376 e. The summed E-state index contributed by atoms with van der Waals surface area (Å²) in [5.41, 5.74) is 0.719. The van der Waals surface area contributed by atoms with Gasteiger partial charge in [-0.1, -0.05) is 18.5 Å². The van der Waals surface area contributed by atoms with Crippen LogP contribution in [-0.2, 0) is 4.74 Å². The number of nitrogens with zero attached hydrogens (tertiary/aromatic N) is 1. The second kappa shape index (κ2) is 6.51. The number of benzene rings is 1. The largest absolute Gasteiger partial charge is 0.376 e. The van der Waals surface area contributed by atoms with Crippen LogP contribution in [0.4, 0.5) is 0 Å². The normalized spacial score (nSPS) is 22.2. The minimum absolute atomic E-state index is 0.112. The zero-order chi connectivity index (χ0) is 13.8. The highest BCUT2D eigenvalue weighted by molar-refractivity contribution is 6.30. The standard InChI is InChI=1S/C15H20ClNO2/c1-3-14-10-17(8-9-19-14)11(2)15(18)12-4-6-13(16)7-5-12/h4-7,11,14H,3,8-10H2,1-2H3. The van der Waals surface area contributed by atoms with E-state index in [-0.39, 0.29) is 17.9 Å². The molecule has 1 aliphatic rings. The van der Waals surface area contributed by atoms with Gasteiger partial charge >= 0.3 is 0 Å². The Hall–Kier alpha value is -0.900. The SMILES string of the molecule is CCC1CN(C(C)C(=O)c2ccc(Cl)cc2)CCO1. The van der Waals surface area contributed by atoms with Gasteiger partial charge in [-0.15, -0.1) is 0 Å². The van der Waals surface area contributed by atoms with Crippen LogP contribution in [0.2, 0.25) is 5.02 Å². The summed E-state index contributed by atoms with van der Waals surface area (Å²) in [7, 11) is 0. The number of ether oxygens (including phenoxy) is 1. The molecule has 0 aliphatic carbocycles. The topological polar surface area (TPSA) is 29.5 Å². The van der Waals surface area contributed by atoms with Gasteiger partial charge in [0, 0.05) is 23.7 Å². The number of carbonyl (C=O) groups is 1. The van der Waals surface area contributed by atoms with Crippen molar-refractivity contribution in [2.24, 2.45) is 0 Å². The summed E-state index contributed by atoms with van der Waals surface area (Å²) in [6.45, 7) is 6.43. The van der Waals surface area contributed by atoms with Gasteiger partial charge in [-0.25, -0.2) is 0 Å². The molecule has 0 spiro atoms. The molecule has 4 heteroatoms. The molecule has 19 heavy (non-hydrogen) atoms. The highest BCUT2D eigenvalue weighted by Gasteiger charge is 2.27. The first-order chi connectivity index (χ1) is 9.11. The fourth-order valence-electron chi connectivity index (χ4n) is 2.36. The van der Waals surface area contributed by atoms with E-state index >= 15 is 0 Å². The highest BCUT2D eigenvalue weighted by atomic mass is 35.5. The lowest BCUT2D eigenvalue weighted by atomic mass is 10.0. The van der Waals surface area contributed by atoms with Crippen molar-refractivity contribution >= 4 is 17.4 Å². The van der Waals surface area contributed by atoms with Crippen LogP contribution in [0.25, 0.3) is 0 Å². The summed E-state index contributed by atoms with van der Waals surface area (Å²) in [6, 6.07) is 6.99. The van der Waals surface area contributed by atoms with E-state index in [1.807, 2.05) is 6.92 Å². The Morgan fingerprint density at radius 2 is 2.16 bits per heavy atom. The number of ketones is 1. The fraction of sp³-hybridized carbons (Fsp3) is 0.533. The Labute approximate surface area is 119 Å². The van der Waals surface area contributed by atoms with Crippen molar-refractivity contribution in [1.29, 1.82) is 0 Å². The van der Waals surface area contributed by atoms with Crippen molar-refractivity contribution in [3.63, 3.8) is 0 Å². The fourth-order valence-corrected chi connectivity index (χ4v) is 2.49. The molecular formula is C15H20ClNO2. The van der Waals surface area contributed by atoms with Gasteiger partial charge in [0.25, 0.3) is 0 Å². The van der Waals surface area contributed by atoms with Crippen molar-refractivity contribution in [3.05, 3.63) is 34.9 Å². The van der Waals surface area contributed by atoms with Gasteiger partial charge in [-0.05, 0) is 37.6 Å². The monoisotopic (exact) mass is 281 g/mol. The zero-order valence-electron chi connectivity index (χ0n) is 11.4. The van der Waals surface area contributed by atoms with Crippen LogP contribution in [0.5, 0.6) is 0 Å². The number of Topliss-reactive ketones (excluding diaryl/α,β-unsaturated/α-hetero) is 1. The summed E-state index contributed by atoms with van der Waals surface area (Å²) in [5, 5.41) is 0.654. The molecule has 1 heterocycles. The molecule has 3 nitrogen and oxygen atoms in total. The molecular weight excluding hydrogens is 262 g/mol. The third-order valence-electron chi connectivity index (χ3n) is 3.68. The Bertz CT molecular complexity index is 432. The highest BCUT2D eigenvalue weighted by Crippen LogP contribution is 2.16. The number of hydrogen-bond donors (Lipinski definition) is 0. The van der Waals surface area contributed by atoms with Gasteiger partial charge in [-0.2, -0.15) is 0 Å². The summed E-state index contributed by atoms with van der Waals surface area (Å²) < 4.78 is 5.64. The van der Waals surface area contributed by atoms with E-state index in [4.69, 9.17) is 16.3 Å². The quantitative estimate of drug-likeness (QED) is 0.795. The summed E-state index contributed by atoms with van der Waals surface area (Å²) in [5.74, 6) is 0.147. The third-order valence-corrected chi connectivity index (χ3v) is 3.93. The zero-order valence-corrected chi connectivity index (χ0v) is 12.2. The maximum atomic E-state index is 12.4. The van der Waals surface area contributed by atoms with Crippen LogP contribution in [-0.4, -0.2) is 42.5 Å². The molecule has 2 atom stereocenters. The summed E-state index contributed by atoms with van der Waals surface area (Å²) in [4.78, 5) is 14.6. The Morgan fingerprint density at radius 1 is 1.47 bits per heavy atom. The molecule has 1 aromatic rings. The molecule has 1 saturated heterocycles. The van der Waals surface area contributed by atoms with Gasteiger partial charge in [0.1, 0.15) is 0 Å². The minimum atomic E-state index is -0.112. The van der Waals surface area contributed by atoms with Crippen molar-refractivity contribution in [3.8, 4) is 0 Å². The van der Waals surface area contributed by atoms with E-state index in [1.165, 1.54) is 0 Å². The molecule has 0 aromatic heterocycles. The number of carbonyl (C=O) groups excluding carboxylic acids is 1. The van der Waals surface area contributed by atoms with E-state index < -0.39 is 0 Å². The maximum absolute atomic E-state index is 12.4. The molecule has 1 aliphatic heterocycles. The van der Waals surface area contributed by atoms with Gasteiger partial charge in [0.05, 0.1) is 18.8 Å². The molecule has 1 aromatic carbocycles. The molecule has 2 rings (SSSR count). The average molecular weight is 282 g/mol. The first-order valence-corrected chi connectivity index (χ1v) is 7.15. The first-order valence-electron chi connectivity index (χ1n) is 6.77. The second-order valence-electron chi connectivity index (χ2n) is 4.94. The number of morpholine rings is 1. The molecule has 104 valence electrons. The molecule has 2 unspecified atom stereocenters. The van der Waals surface area contributed by atoms with Gasteiger partial charge in [-0.3, -0.25) is 9.69 Å². The van der Waals surface area contributed by atoms with Gasteiger partial charge in [0.2, 0.25) is 0 Å². The van der Waals surface area contributed by atoms with Crippen molar-refractivity contribution < 1.29 is 9.53 Å². The molecule has 0 amide bonds.